The maximum Gasteiger partial charge on any atom is 0.0381 e. The summed E-state index contributed by atoms with van der Waals surface area (Å²) in [5.74, 6) is 0. The number of benzene rings is 1. The second kappa shape index (κ2) is 11.4. The highest BCUT2D eigenvalue weighted by molar-refractivity contribution is 5.48. The zero-order valence-corrected chi connectivity index (χ0v) is 16.1. The van der Waals surface area contributed by atoms with Gasteiger partial charge in [-0.2, -0.15) is 0 Å². The summed E-state index contributed by atoms with van der Waals surface area (Å²) in [6.07, 6.45) is 5.97. The molecule has 0 aliphatic rings. The predicted octanol–water partition coefficient (Wildman–Crippen LogP) is 6.36. The molecule has 1 aromatic carbocycles. The third-order valence-corrected chi connectivity index (χ3v) is 3.98. The van der Waals surface area contributed by atoms with Crippen molar-refractivity contribution >= 4 is 5.69 Å². The fourth-order valence-electron chi connectivity index (χ4n) is 2.71. The molecule has 1 rings (SSSR count). The van der Waals surface area contributed by atoms with Crippen molar-refractivity contribution in [2.24, 2.45) is 0 Å². The first kappa shape index (κ1) is 20.8. The maximum atomic E-state index is 4.12. The molecule has 0 unspecified atom stereocenters. The Morgan fingerprint density at radius 1 is 0.920 bits per heavy atom. The Morgan fingerprint density at radius 2 is 1.56 bits per heavy atom. The average molecular weight is 339 g/mol. The van der Waals surface area contributed by atoms with Crippen LogP contribution in [0.2, 0.25) is 0 Å². The number of hydrogen-bond acceptors (Lipinski definition) is 2. The molecule has 0 amide bonds. The summed E-state index contributed by atoms with van der Waals surface area (Å²) in [6, 6.07) is 8.60. The Balaban J connectivity index is 2.33. The maximum absolute atomic E-state index is 4.12. The molecule has 0 spiro atoms. The van der Waals surface area contributed by atoms with E-state index >= 15 is 0 Å². The fraction of sp³-hybridized carbons (Fsp3) is 0.391. The van der Waals surface area contributed by atoms with Crippen LogP contribution in [0.1, 0.15) is 51.5 Å². The zero-order valence-electron chi connectivity index (χ0n) is 16.1. The molecule has 0 atom stereocenters. The molecule has 25 heavy (non-hydrogen) atoms. The molecule has 0 bridgehead atoms. The number of rotatable bonds is 13. The molecule has 0 aliphatic carbocycles. The van der Waals surface area contributed by atoms with Gasteiger partial charge in [-0.25, -0.2) is 0 Å². The lowest BCUT2D eigenvalue weighted by Crippen LogP contribution is -2.11. The van der Waals surface area contributed by atoms with Gasteiger partial charge in [-0.1, -0.05) is 49.6 Å². The largest absolute Gasteiger partial charge is 0.389 e. The van der Waals surface area contributed by atoms with E-state index in [0.29, 0.717) is 0 Å². The number of allylic oxidation sites excluding steroid dienone is 4. The molecule has 2 heteroatoms. The van der Waals surface area contributed by atoms with Crippen LogP contribution in [0, 0.1) is 0 Å². The van der Waals surface area contributed by atoms with Crippen molar-refractivity contribution in [2.45, 2.75) is 52.4 Å². The van der Waals surface area contributed by atoms with Gasteiger partial charge in [-0.3, -0.25) is 0 Å². The first-order valence-corrected chi connectivity index (χ1v) is 9.17. The Hall–Kier alpha value is -2.22. The second-order valence-corrected chi connectivity index (χ2v) is 6.80. The van der Waals surface area contributed by atoms with E-state index < -0.39 is 0 Å². The van der Waals surface area contributed by atoms with Crippen LogP contribution in [-0.2, 0) is 6.42 Å². The lowest BCUT2D eigenvalue weighted by atomic mass is 10.0. The van der Waals surface area contributed by atoms with Gasteiger partial charge in [-0.15, -0.1) is 0 Å². The molecule has 2 N–H and O–H groups in total. The average Bonchev–Trinajstić information content (AvgIpc) is 2.54. The van der Waals surface area contributed by atoms with Crippen LogP contribution in [0.3, 0.4) is 0 Å². The topological polar surface area (TPSA) is 24.1 Å². The Bertz CT molecular complexity index is 593. The van der Waals surface area contributed by atoms with Crippen LogP contribution in [-0.4, -0.2) is 6.54 Å². The van der Waals surface area contributed by atoms with Gasteiger partial charge in [0, 0.05) is 23.6 Å². The van der Waals surface area contributed by atoms with Crippen molar-refractivity contribution in [3.8, 4) is 0 Å². The van der Waals surface area contributed by atoms with E-state index in [-0.39, 0.29) is 0 Å². The Morgan fingerprint density at radius 3 is 2.16 bits per heavy atom. The van der Waals surface area contributed by atoms with E-state index in [4.69, 9.17) is 0 Å². The van der Waals surface area contributed by atoms with E-state index in [2.05, 4.69) is 75.1 Å². The highest BCUT2D eigenvalue weighted by Crippen LogP contribution is 2.18. The second-order valence-electron chi connectivity index (χ2n) is 6.80. The van der Waals surface area contributed by atoms with E-state index in [9.17, 15) is 0 Å². The van der Waals surface area contributed by atoms with Gasteiger partial charge in [0.2, 0.25) is 0 Å². The highest BCUT2D eigenvalue weighted by Gasteiger charge is 2.01. The summed E-state index contributed by atoms with van der Waals surface area (Å²) >= 11 is 0. The van der Waals surface area contributed by atoms with Gasteiger partial charge in [0.15, 0.2) is 0 Å². The van der Waals surface area contributed by atoms with Crippen LogP contribution in [0.25, 0.3) is 0 Å². The zero-order chi connectivity index (χ0) is 18.7. The fourth-order valence-corrected chi connectivity index (χ4v) is 2.71. The van der Waals surface area contributed by atoms with Gasteiger partial charge in [0.05, 0.1) is 0 Å². The van der Waals surface area contributed by atoms with Crippen LogP contribution in [0.15, 0.2) is 73.1 Å². The number of aryl methyl sites for hydroxylation is 1. The number of hydrogen-bond donors (Lipinski definition) is 2. The molecule has 0 saturated carbocycles. The summed E-state index contributed by atoms with van der Waals surface area (Å²) in [7, 11) is 0. The van der Waals surface area contributed by atoms with Gasteiger partial charge in [0.25, 0.3) is 0 Å². The minimum Gasteiger partial charge on any atom is -0.389 e. The van der Waals surface area contributed by atoms with Crippen LogP contribution >= 0.6 is 0 Å². The summed E-state index contributed by atoms with van der Waals surface area (Å²) in [5, 5.41) is 6.64. The molecule has 2 nitrogen and oxygen atoms in total. The third-order valence-electron chi connectivity index (χ3n) is 3.98. The van der Waals surface area contributed by atoms with Crippen molar-refractivity contribution in [3.05, 3.63) is 78.7 Å². The molecule has 0 radical (unpaired) electrons. The van der Waals surface area contributed by atoms with Gasteiger partial charge in [-0.05, 0) is 70.1 Å². The quantitative estimate of drug-likeness (QED) is 0.409. The first-order chi connectivity index (χ1) is 11.9. The number of anilines is 1. The molecule has 136 valence electrons. The molecular formula is C23H34N2. The van der Waals surface area contributed by atoms with Gasteiger partial charge < -0.3 is 10.6 Å². The lowest BCUT2D eigenvalue weighted by molar-refractivity contribution is 0.730. The van der Waals surface area contributed by atoms with Crippen molar-refractivity contribution in [2.75, 3.05) is 11.9 Å². The highest BCUT2D eigenvalue weighted by atomic mass is 14.9. The van der Waals surface area contributed by atoms with Crippen LogP contribution < -0.4 is 10.6 Å². The Labute approximate surface area is 154 Å². The summed E-state index contributed by atoms with van der Waals surface area (Å²) < 4.78 is 0. The molecular weight excluding hydrogens is 304 g/mol. The monoisotopic (exact) mass is 338 g/mol. The molecule has 0 aromatic heterocycles. The summed E-state index contributed by atoms with van der Waals surface area (Å²) in [6.45, 7) is 21.3. The van der Waals surface area contributed by atoms with Gasteiger partial charge >= 0.3 is 0 Å². The van der Waals surface area contributed by atoms with Gasteiger partial charge in [0.1, 0.15) is 0 Å². The van der Waals surface area contributed by atoms with Crippen LogP contribution in [0.4, 0.5) is 5.69 Å². The molecule has 0 aliphatic heterocycles. The standard InChI is InChI=1S/C23H34N2/c1-7-24-20(5)9-8-10-21(6)25-23-15-13-22(14-16-23)12-11-19(4)17-18(2)3/h13-16,24-25H,2,4-12,17H2,1,3H3. The van der Waals surface area contributed by atoms with Crippen LogP contribution in [0.5, 0.6) is 0 Å². The van der Waals surface area contributed by atoms with Crippen molar-refractivity contribution < 1.29 is 0 Å². The molecule has 0 heterocycles. The van der Waals surface area contributed by atoms with Crippen molar-refractivity contribution in [3.63, 3.8) is 0 Å². The smallest absolute Gasteiger partial charge is 0.0381 e. The molecule has 0 saturated heterocycles. The van der Waals surface area contributed by atoms with Crippen molar-refractivity contribution in [1.29, 1.82) is 0 Å². The lowest BCUT2D eigenvalue weighted by Gasteiger charge is -2.12. The summed E-state index contributed by atoms with van der Waals surface area (Å²) in [5.41, 5.74) is 7.01. The molecule has 1 aromatic rings. The minimum absolute atomic E-state index is 0.930. The van der Waals surface area contributed by atoms with Crippen molar-refractivity contribution in [1.82, 2.24) is 5.32 Å². The predicted molar refractivity (Wildman–Crippen MR) is 113 cm³/mol. The van der Waals surface area contributed by atoms with E-state index in [0.717, 1.165) is 62.2 Å². The van der Waals surface area contributed by atoms with E-state index in [1.54, 1.807) is 0 Å². The number of nitrogens with one attached hydrogen (secondary N) is 2. The molecule has 0 fully saturated rings. The summed E-state index contributed by atoms with van der Waals surface area (Å²) in [4.78, 5) is 0. The normalized spacial score (nSPS) is 10.2. The SMILES string of the molecule is C=C(C)CC(=C)CCc1ccc(NC(=C)CCCC(=C)NCC)cc1. The van der Waals surface area contributed by atoms with E-state index in [1.165, 1.54) is 16.7 Å². The third kappa shape index (κ3) is 9.61. The minimum atomic E-state index is 0.930. The first-order valence-electron chi connectivity index (χ1n) is 9.17. The Kier molecular flexibility index (Phi) is 9.46. The van der Waals surface area contributed by atoms with E-state index in [1.807, 2.05) is 0 Å².